The van der Waals surface area contributed by atoms with Crippen molar-refractivity contribution < 1.29 is 15.0 Å². The minimum Gasteiger partial charge on any atom is -0.508 e. The average molecular weight is 246 g/mol. The summed E-state index contributed by atoms with van der Waals surface area (Å²) in [6.07, 6.45) is 3.09. The first kappa shape index (κ1) is 12.2. The van der Waals surface area contributed by atoms with Gasteiger partial charge in [-0.25, -0.2) is 0 Å². The van der Waals surface area contributed by atoms with E-state index in [0.717, 1.165) is 18.9 Å². The predicted octanol–water partition coefficient (Wildman–Crippen LogP) is 1.66. The maximum Gasteiger partial charge on any atom is 0.256 e. The molecule has 0 saturated heterocycles. The van der Waals surface area contributed by atoms with Gasteiger partial charge in [0, 0.05) is 6.07 Å². The van der Waals surface area contributed by atoms with Gasteiger partial charge >= 0.3 is 0 Å². The third-order valence-electron chi connectivity index (χ3n) is 3.25. The second-order valence-corrected chi connectivity index (χ2v) is 4.56. The summed E-state index contributed by atoms with van der Waals surface area (Å²) >= 11 is 0. The molecule has 1 fully saturated rings. The minimum atomic E-state index is -0.818. The summed E-state index contributed by atoms with van der Waals surface area (Å²) in [4.78, 5) is 12.0. The lowest BCUT2D eigenvalue weighted by Gasteiger charge is -2.22. The Morgan fingerprint density at radius 3 is 2.56 bits per heavy atom. The summed E-state index contributed by atoms with van der Waals surface area (Å²) in [6.45, 7) is 0. The molecule has 94 valence electrons. The highest BCUT2D eigenvalue weighted by atomic mass is 16.3. The SMILES string of the molecule is N#CC1(NC(=O)c2ccc(O)cc2O)CCCC1. The first-order chi connectivity index (χ1) is 8.56. The van der Waals surface area contributed by atoms with Gasteiger partial charge in [0.1, 0.15) is 17.0 Å². The molecule has 1 aromatic carbocycles. The van der Waals surface area contributed by atoms with Gasteiger partial charge in [0.15, 0.2) is 0 Å². The molecule has 5 nitrogen and oxygen atoms in total. The van der Waals surface area contributed by atoms with Gasteiger partial charge in [0.05, 0.1) is 11.6 Å². The van der Waals surface area contributed by atoms with E-state index < -0.39 is 11.4 Å². The van der Waals surface area contributed by atoms with E-state index in [2.05, 4.69) is 11.4 Å². The summed E-state index contributed by atoms with van der Waals surface area (Å²) in [5, 5.41) is 30.6. The van der Waals surface area contributed by atoms with Gasteiger partial charge in [-0.15, -0.1) is 0 Å². The Kier molecular flexibility index (Phi) is 3.11. The van der Waals surface area contributed by atoms with Gasteiger partial charge in [0.2, 0.25) is 0 Å². The molecular formula is C13H14N2O3. The van der Waals surface area contributed by atoms with Crippen LogP contribution in [-0.4, -0.2) is 21.7 Å². The van der Waals surface area contributed by atoms with Crippen LogP contribution in [-0.2, 0) is 0 Å². The van der Waals surface area contributed by atoms with Crippen LogP contribution in [0.3, 0.4) is 0 Å². The molecule has 1 saturated carbocycles. The quantitative estimate of drug-likeness (QED) is 0.739. The smallest absolute Gasteiger partial charge is 0.256 e. The number of hydrogen-bond acceptors (Lipinski definition) is 4. The van der Waals surface area contributed by atoms with E-state index in [4.69, 9.17) is 10.4 Å². The zero-order chi connectivity index (χ0) is 13.2. The number of amides is 1. The summed E-state index contributed by atoms with van der Waals surface area (Å²) in [5.41, 5.74) is -0.754. The standard InChI is InChI=1S/C13H14N2O3/c14-8-13(5-1-2-6-13)15-12(18)10-4-3-9(16)7-11(10)17/h3-4,7,16-17H,1-2,5-6H2,(H,15,18). The van der Waals surface area contributed by atoms with Crippen molar-refractivity contribution in [2.24, 2.45) is 0 Å². The second kappa shape index (κ2) is 4.57. The van der Waals surface area contributed by atoms with E-state index in [1.165, 1.54) is 12.1 Å². The molecule has 0 spiro atoms. The number of phenols is 2. The maximum atomic E-state index is 12.0. The molecule has 3 N–H and O–H groups in total. The Hall–Kier alpha value is -2.22. The van der Waals surface area contributed by atoms with E-state index >= 15 is 0 Å². The van der Waals surface area contributed by atoms with Crippen LogP contribution in [0.25, 0.3) is 0 Å². The van der Waals surface area contributed by atoms with Crippen LogP contribution >= 0.6 is 0 Å². The van der Waals surface area contributed by atoms with E-state index in [-0.39, 0.29) is 17.1 Å². The Morgan fingerprint density at radius 1 is 1.33 bits per heavy atom. The highest BCUT2D eigenvalue weighted by Crippen LogP contribution is 2.30. The molecule has 0 heterocycles. The molecule has 0 aliphatic heterocycles. The minimum absolute atomic E-state index is 0.0642. The van der Waals surface area contributed by atoms with Crippen molar-refractivity contribution in [3.05, 3.63) is 23.8 Å². The van der Waals surface area contributed by atoms with Gasteiger partial charge < -0.3 is 15.5 Å². The van der Waals surface area contributed by atoms with Crippen molar-refractivity contribution in [3.8, 4) is 17.6 Å². The molecule has 0 unspecified atom stereocenters. The van der Waals surface area contributed by atoms with Crippen molar-refractivity contribution in [2.75, 3.05) is 0 Å². The molecule has 0 bridgehead atoms. The predicted molar refractivity (Wildman–Crippen MR) is 64.0 cm³/mol. The fraction of sp³-hybridized carbons (Fsp3) is 0.385. The topological polar surface area (TPSA) is 93.4 Å². The van der Waals surface area contributed by atoms with E-state index in [1.807, 2.05) is 0 Å². The molecule has 0 aromatic heterocycles. The number of carbonyl (C=O) groups is 1. The molecule has 2 rings (SSSR count). The highest BCUT2D eigenvalue weighted by Gasteiger charge is 2.36. The molecule has 0 radical (unpaired) electrons. The molecule has 18 heavy (non-hydrogen) atoms. The first-order valence-electron chi connectivity index (χ1n) is 5.82. The summed E-state index contributed by atoms with van der Waals surface area (Å²) < 4.78 is 0. The number of rotatable bonds is 2. The van der Waals surface area contributed by atoms with E-state index in [0.29, 0.717) is 12.8 Å². The van der Waals surface area contributed by atoms with Crippen LogP contribution in [0.4, 0.5) is 0 Å². The van der Waals surface area contributed by atoms with Gasteiger partial charge in [-0.2, -0.15) is 5.26 Å². The van der Waals surface area contributed by atoms with E-state index in [9.17, 15) is 9.90 Å². The zero-order valence-corrected chi connectivity index (χ0v) is 9.81. The maximum absolute atomic E-state index is 12.0. The van der Waals surface area contributed by atoms with E-state index in [1.54, 1.807) is 0 Å². The molecule has 0 atom stereocenters. The van der Waals surface area contributed by atoms with Gasteiger partial charge in [0.25, 0.3) is 5.91 Å². The lowest BCUT2D eigenvalue weighted by atomic mass is 9.99. The fourth-order valence-corrected chi connectivity index (χ4v) is 2.24. The number of nitrogens with one attached hydrogen (secondary N) is 1. The fourth-order valence-electron chi connectivity index (χ4n) is 2.24. The number of benzene rings is 1. The highest BCUT2D eigenvalue weighted by molar-refractivity contribution is 5.97. The lowest BCUT2D eigenvalue weighted by molar-refractivity contribution is 0.0918. The second-order valence-electron chi connectivity index (χ2n) is 4.56. The van der Waals surface area contributed by atoms with Crippen molar-refractivity contribution in [2.45, 2.75) is 31.2 Å². The van der Waals surface area contributed by atoms with Crippen molar-refractivity contribution in [1.29, 1.82) is 5.26 Å². The van der Waals surface area contributed by atoms with Crippen molar-refractivity contribution in [3.63, 3.8) is 0 Å². The molecule has 1 aromatic rings. The Morgan fingerprint density at radius 2 is 2.00 bits per heavy atom. The van der Waals surface area contributed by atoms with Crippen LogP contribution in [0, 0.1) is 11.3 Å². The average Bonchev–Trinajstić information content (AvgIpc) is 2.78. The third-order valence-corrected chi connectivity index (χ3v) is 3.25. The molecule has 1 aliphatic carbocycles. The Balaban J connectivity index is 2.19. The van der Waals surface area contributed by atoms with Gasteiger partial charge in [-0.1, -0.05) is 0 Å². The number of aromatic hydroxyl groups is 2. The Labute approximate surface area is 105 Å². The van der Waals surface area contributed by atoms with Crippen LogP contribution in [0.15, 0.2) is 18.2 Å². The lowest BCUT2D eigenvalue weighted by Crippen LogP contribution is -2.45. The van der Waals surface area contributed by atoms with Crippen LogP contribution < -0.4 is 5.32 Å². The Bertz CT molecular complexity index is 513. The number of nitrogens with zero attached hydrogens (tertiary/aromatic N) is 1. The molecule has 5 heteroatoms. The number of carbonyl (C=O) groups excluding carboxylic acids is 1. The summed E-state index contributed by atoms with van der Waals surface area (Å²) in [6, 6.07) is 5.90. The number of nitriles is 1. The third kappa shape index (κ3) is 2.23. The first-order valence-corrected chi connectivity index (χ1v) is 5.82. The summed E-state index contributed by atoms with van der Waals surface area (Å²) in [5.74, 6) is -0.894. The molecular weight excluding hydrogens is 232 g/mol. The molecule has 1 amide bonds. The zero-order valence-electron chi connectivity index (χ0n) is 9.81. The van der Waals surface area contributed by atoms with Crippen LogP contribution in [0.1, 0.15) is 36.0 Å². The monoisotopic (exact) mass is 246 g/mol. The van der Waals surface area contributed by atoms with Crippen LogP contribution in [0.2, 0.25) is 0 Å². The van der Waals surface area contributed by atoms with Crippen LogP contribution in [0.5, 0.6) is 11.5 Å². The molecule has 1 aliphatic rings. The van der Waals surface area contributed by atoms with Gasteiger partial charge in [-0.3, -0.25) is 4.79 Å². The van der Waals surface area contributed by atoms with Crippen molar-refractivity contribution >= 4 is 5.91 Å². The number of hydrogen-bond donors (Lipinski definition) is 3. The summed E-state index contributed by atoms with van der Waals surface area (Å²) in [7, 11) is 0. The van der Waals surface area contributed by atoms with Gasteiger partial charge in [-0.05, 0) is 37.8 Å². The number of phenolic OH excluding ortho intramolecular Hbond substituents is 2. The normalized spacial score (nSPS) is 17.1. The van der Waals surface area contributed by atoms with Crippen molar-refractivity contribution in [1.82, 2.24) is 5.32 Å². The largest absolute Gasteiger partial charge is 0.508 e.